The van der Waals surface area contributed by atoms with E-state index < -0.39 is 5.12 Å². The maximum Gasteiger partial charge on any atom is 0.167 e. The molecule has 0 spiro atoms. The van der Waals surface area contributed by atoms with Crippen LogP contribution in [0.2, 0.25) is 0 Å². The lowest BCUT2D eigenvalue weighted by molar-refractivity contribution is 0.274. The molecule has 0 aliphatic heterocycles. The smallest absolute Gasteiger partial charge is 0.167 e. The molecule has 0 bridgehead atoms. The second-order valence-corrected chi connectivity index (χ2v) is 2.39. The molecule has 0 aliphatic carbocycles. The van der Waals surface area contributed by atoms with Crippen LogP contribution in [0.4, 0.5) is 0 Å². The van der Waals surface area contributed by atoms with Crippen LogP contribution in [0.3, 0.4) is 0 Å². The van der Waals surface area contributed by atoms with Gasteiger partial charge >= 0.3 is 0 Å². The van der Waals surface area contributed by atoms with Gasteiger partial charge in [0, 0.05) is 0 Å². The third-order valence-corrected chi connectivity index (χ3v) is 1.12. The van der Waals surface area contributed by atoms with Crippen LogP contribution in [-0.2, 0) is 0 Å². The fraction of sp³-hybridized carbons (Fsp3) is 1.00. The van der Waals surface area contributed by atoms with Crippen molar-refractivity contribution in [2.45, 2.75) is 5.12 Å². The maximum atomic E-state index is 5.25. The number of thiol groups is 1. The monoisotopic (exact) mass is 121 g/mol. The van der Waals surface area contributed by atoms with Crippen LogP contribution in [0.25, 0.3) is 0 Å². The number of nitrogens with zero attached hydrogens (tertiary/aromatic N) is 1. The van der Waals surface area contributed by atoms with Crippen molar-refractivity contribution in [3.05, 3.63) is 0 Å². The van der Waals surface area contributed by atoms with Gasteiger partial charge in [-0.15, -0.1) is 12.6 Å². The molecular formula is C3H11N3S. The van der Waals surface area contributed by atoms with Crippen LogP contribution in [0.1, 0.15) is 0 Å². The van der Waals surface area contributed by atoms with E-state index in [2.05, 4.69) is 12.6 Å². The second kappa shape index (κ2) is 2.00. The van der Waals surface area contributed by atoms with Gasteiger partial charge in [-0.3, -0.25) is 16.4 Å². The van der Waals surface area contributed by atoms with Crippen molar-refractivity contribution in [3.8, 4) is 0 Å². The average Bonchev–Trinajstić information content (AvgIpc) is 1.31. The van der Waals surface area contributed by atoms with Gasteiger partial charge in [0.25, 0.3) is 0 Å². The Morgan fingerprint density at radius 2 is 1.57 bits per heavy atom. The van der Waals surface area contributed by atoms with E-state index in [1.807, 2.05) is 0 Å². The molecule has 0 rings (SSSR count). The fourth-order valence-electron chi connectivity index (χ4n) is 0. The number of hydrogen-bond donors (Lipinski definition) is 3. The van der Waals surface area contributed by atoms with E-state index in [-0.39, 0.29) is 0 Å². The molecule has 0 amide bonds. The van der Waals surface area contributed by atoms with Gasteiger partial charge in [-0.1, -0.05) is 0 Å². The predicted molar refractivity (Wildman–Crippen MR) is 33.8 cm³/mol. The Bertz CT molecular complexity index is 55.7. The lowest BCUT2D eigenvalue weighted by Gasteiger charge is -2.25. The van der Waals surface area contributed by atoms with E-state index in [9.17, 15) is 0 Å². The summed E-state index contributed by atoms with van der Waals surface area (Å²) in [5.74, 6) is 0. The predicted octanol–water partition coefficient (Wildman–Crippen LogP) is -0.993. The van der Waals surface area contributed by atoms with Crippen molar-refractivity contribution in [1.29, 1.82) is 0 Å². The molecular weight excluding hydrogens is 110 g/mol. The molecule has 0 radical (unpaired) electrons. The zero-order valence-corrected chi connectivity index (χ0v) is 5.44. The lowest BCUT2D eigenvalue weighted by atomic mass is 10.8. The highest BCUT2D eigenvalue weighted by atomic mass is 32.1. The number of hydrogen-bond acceptors (Lipinski definition) is 4. The van der Waals surface area contributed by atoms with E-state index in [0.29, 0.717) is 0 Å². The Balaban J connectivity index is 3.54. The minimum atomic E-state index is -0.972. The molecule has 4 heteroatoms. The van der Waals surface area contributed by atoms with Crippen molar-refractivity contribution in [2.75, 3.05) is 14.1 Å². The quantitative estimate of drug-likeness (QED) is 0.308. The van der Waals surface area contributed by atoms with E-state index in [0.717, 1.165) is 0 Å². The first-order valence-corrected chi connectivity index (χ1v) is 2.37. The zero-order valence-electron chi connectivity index (χ0n) is 4.55. The Morgan fingerprint density at radius 1 is 1.43 bits per heavy atom. The summed E-state index contributed by atoms with van der Waals surface area (Å²) in [5, 5.41) is -0.972. The molecule has 0 unspecified atom stereocenters. The zero-order chi connectivity index (χ0) is 6.08. The van der Waals surface area contributed by atoms with Crippen LogP contribution in [0, 0.1) is 0 Å². The highest BCUT2D eigenvalue weighted by Crippen LogP contribution is 1.97. The highest BCUT2D eigenvalue weighted by molar-refractivity contribution is 7.81. The summed E-state index contributed by atoms with van der Waals surface area (Å²) < 4.78 is 0. The van der Waals surface area contributed by atoms with Gasteiger partial charge < -0.3 is 0 Å². The van der Waals surface area contributed by atoms with Crippen LogP contribution >= 0.6 is 12.6 Å². The van der Waals surface area contributed by atoms with Crippen LogP contribution in [-0.4, -0.2) is 24.1 Å². The van der Waals surface area contributed by atoms with Gasteiger partial charge in [-0.05, 0) is 14.1 Å². The van der Waals surface area contributed by atoms with E-state index in [4.69, 9.17) is 11.5 Å². The van der Waals surface area contributed by atoms with E-state index in [1.54, 1.807) is 19.0 Å². The van der Waals surface area contributed by atoms with Crippen molar-refractivity contribution < 1.29 is 0 Å². The summed E-state index contributed by atoms with van der Waals surface area (Å²) in [4.78, 5) is 1.61. The maximum absolute atomic E-state index is 5.25. The fourth-order valence-corrected chi connectivity index (χ4v) is 0. The average molecular weight is 121 g/mol. The first kappa shape index (κ1) is 7.23. The molecule has 7 heavy (non-hydrogen) atoms. The first-order chi connectivity index (χ1) is 2.94. The Morgan fingerprint density at radius 3 is 1.57 bits per heavy atom. The number of rotatable bonds is 1. The van der Waals surface area contributed by atoms with Crippen molar-refractivity contribution in [2.24, 2.45) is 11.5 Å². The summed E-state index contributed by atoms with van der Waals surface area (Å²) in [6, 6.07) is 0. The largest absolute Gasteiger partial charge is 0.292 e. The molecule has 0 fully saturated rings. The van der Waals surface area contributed by atoms with Gasteiger partial charge in [-0.25, -0.2) is 0 Å². The first-order valence-electron chi connectivity index (χ1n) is 1.92. The summed E-state index contributed by atoms with van der Waals surface area (Å²) in [6.07, 6.45) is 0. The molecule has 0 aliphatic rings. The van der Waals surface area contributed by atoms with Crippen LogP contribution in [0.5, 0.6) is 0 Å². The van der Waals surface area contributed by atoms with Crippen LogP contribution in [0.15, 0.2) is 0 Å². The van der Waals surface area contributed by atoms with Gasteiger partial charge in [0.2, 0.25) is 0 Å². The number of nitrogens with two attached hydrogens (primary N) is 2. The summed E-state index contributed by atoms with van der Waals surface area (Å²) in [5.41, 5.74) is 10.5. The minimum Gasteiger partial charge on any atom is -0.292 e. The molecule has 0 heterocycles. The van der Waals surface area contributed by atoms with Gasteiger partial charge in [0.05, 0.1) is 0 Å². The second-order valence-electron chi connectivity index (χ2n) is 1.68. The minimum absolute atomic E-state index is 0.972. The van der Waals surface area contributed by atoms with Gasteiger partial charge in [-0.2, -0.15) is 0 Å². The summed E-state index contributed by atoms with van der Waals surface area (Å²) >= 11 is 3.83. The Labute approximate surface area is 49.1 Å². The molecule has 0 saturated carbocycles. The molecule has 0 aromatic rings. The molecule has 44 valence electrons. The topological polar surface area (TPSA) is 55.3 Å². The summed E-state index contributed by atoms with van der Waals surface area (Å²) in [7, 11) is 3.51. The normalized spacial score (nSPS) is 12.9. The Hall–Kier alpha value is 0.230. The lowest BCUT2D eigenvalue weighted by Crippen LogP contribution is -2.55. The molecule has 4 N–H and O–H groups in total. The summed E-state index contributed by atoms with van der Waals surface area (Å²) in [6.45, 7) is 0. The van der Waals surface area contributed by atoms with E-state index >= 15 is 0 Å². The molecule has 0 atom stereocenters. The van der Waals surface area contributed by atoms with Gasteiger partial charge in [0.15, 0.2) is 5.12 Å². The Kier molecular flexibility index (Phi) is 2.07. The third kappa shape index (κ3) is 2.87. The van der Waals surface area contributed by atoms with Crippen molar-refractivity contribution >= 4 is 12.6 Å². The third-order valence-electron chi connectivity index (χ3n) is 0.716. The SMILES string of the molecule is CN(C)C(N)(N)S. The van der Waals surface area contributed by atoms with Gasteiger partial charge in [0.1, 0.15) is 0 Å². The van der Waals surface area contributed by atoms with Crippen molar-refractivity contribution in [1.82, 2.24) is 4.90 Å². The molecule has 0 aromatic heterocycles. The molecule has 3 nitrogen and oxygen atoms in total. The molecule has 0 aromatic carbocycles. The van der Waals surface area contributed by atoms with Crippen LogP contribution < -0.4 is 11.5 Å². The van der Waals surface area contributed by atoms with Crippen molar-refractivity contribution in [3.63, 3.8) is 0 Å². The van der Waals surface area contributed by atoms with E-state index in [1.165, 1.54) is 0 Å². The standard InChI is InChI=1S/C3H11N3S/c1-6(2)3(4,5)7/h7H,4-5H2,1-2H3. The highest BCUT2D eigenvalue weighted by Gasteiger charge is 2.13. The molecule has 0 saturated heterocycles.